The molecule has 1 aromatic rings. The van der Waals surface area contributed by atoms with Gasteiger partial charge in [-0.15, -0.1) is 0 Å². The van der Waals surface area contributed by atoms with Gasteiger partial charge in [-0.05, 0) is 44.0 Å². The minimum absolute atomic E-state index is 0.209. The molecule has 1 unspecified atom stereocenters. The molecule has 3 nitrogen and oxygen atoms in total. The van der Waals surface area contributed by atoms with Gasteiger partial charge in [-0.2, -0.15) is 0 Å². The summed E-state index contributed by atoms with van der Waals surface area (Å²) in [4.78, 5) is 4.54. The van der Waals surface area contributed by atoms with Crippen LogP contribution in [0, 0.1) is 5.92 Å². The first-order valence-corrected chi connectivity index (χ1v) is 7.67. The van der Waals surface area contributed by atoms with Gasteiger partial charge in [0.05, 0.1) is 12.6 Å². The van der Waals surface area contributed by atoms with E-state index in [2.05, 4.69) is 24.2 Å². The number of thioether (sulfide) groups is 1. The molecular weight excluding hydrogens is 256 g/mol. The monoisotopic (exact) mass is 278 g/mol. The maximum Gasteiger partial charge on any atom is 0.161 e. The number of rotatable bonds is 4. The van der Waals surface area contributed by atoms with Crippen LogP contribution in [0.25, 0.3) is 0 Å². The molecule has 0 saturated carbocycles. The Morgan fingerprint density at radius 3 is 2.42 bits per heavy atom. The summed E-state index contributed by atoms with van der Waals surface area (Å²) in [7, 11) is 0. The molecule has 104 valence electrons. The standard InChI is InChI=1S/C15H22N2OS/c1-10(2)14-9-16-15(19-14)17-12-5-7-13(8-6-12)18-11(3)4/h5-8,10-11,14H,9H2,1-4H3,(H,16,17). The van der Waals surface area contributed by atoms with E-state index in [0.717, 1.165) is 23.1 Å². The Kier molecular flexibility index (Phi) is 4.75. The highest BCUT2D eigenvalue weighted by molar-refractivity contribution is 8.15. The van der Waals surface area contributed by atoms with Crippen LogP contribution in [0.3, 0.4) is 0 Å². The largest absolute Gasteiger partial charge is 0.491 e. The first-order chi connectivity index (χ1) is 9.04. The third kappa shape index (κ3) is 4.16. The maximum absolute atomic E-state index is 5.62. The third-order valence-electron chi connectivity index (χ3n) is 2.90. The van der Waals surface area contributed by atoms with E-state index < -0.39 is 0 Å². The number of anilines is 1. The summed E-state index contributed by atoms with van der Waals surface area (Å²) in [5, 5.41) is 4.99. The van der Waals surface area contributed by atoms with Gasteiger partial charge < -0.3 is 10.1 Å². The maximum atomic E-state index is 5.62. The molecular formula is C15H22N2OS. The van der Waals surface area contributed by atoms with E-state index in [4.69, 9.17) is 4.74 Å². The second-order valence-electron chi connectivity index (χ2n) is 5.36. The van der Waals surface area contributed by atoms with E-state index in [1.165, 1.54) is 0 Å². The smallest absolute Gasteiger partial charge is 0.161 e. The van der Waals surface area contributed by atoms with Crippen molar-refractivity contribution in [3.63, 3.8) is 0 Å². The average molecular weight is 278 g/mol. The summed E-state index contributed by atoms with van der Waals surface area (Å²) >= 11 is 1.84. The van der Waals surface area contributed by atoms with Crippen LogP contribution < -0.4 is 10.1 Å². The van der Waals surface area contributed by atoms with E-state index in [1.54, 1.807) is 0 Å². The van der Waals surface area contributed by atoms with Crippen molar-refractivity contribution in [3.05, 3.63) is 24.3 Å². The molecule has 0 aliphatic carbocycles. The number of aliphatic imine (C=N–C) groups is 1. The van der Waals surface area contributed by atoms with Crippen molar-refractivity contribution in [1.29, 1.82) is 0 Å². The molecule has 0 amide bonds. The number of amidine groups is 1. The van der Waals surface area contributed by atoms with Gasteiger partial charge >= 0.3 is 0 Å². The van der Waals surface area contributed by atoms with Crippen molar-refractivity contribution < 1.29 is 4.74 Å². The topological polar surface area (TPSA) is 33.6 Å². The first-order valence-electron chi connectivity index (χ1n) is 6.79. The molecule has 1 N–H and O–H groups in total. The molecule has 1 aliphatic rings. The Hall–Kier alpha value is -1.16. The summed E-state index contributed by atoms with van der Waals surface area (Å²) in [6, 6.07) is 8.04. The van der Waals surface area contributed by atoms with Crippen LogP contribution in [-0.2, 0) is 0 Å². The SMILES string of the molecule is CC(C)Oc1ccc(NC2=NCC(C(C)C)S2)cc1. The van der Waals surface area contributed by atoms with E-state index in [-0.39, 0.29) is 6.10 Å². The van der Waals surface area contributed by atoms with Crippen molar-refractivity contribution in [1.82, 2.24) is 0 Å². The highest BCUT2D eigenvalue weighted by Gasteiger charge is 2.22. The summed E-state index contributed by atoms with van der Waals surface area (Å²) in [5.41, 5.74) is 1.06. The molecule has 1 aliphatic heterocycles. The van der Waals surface area contributed by atoms with Gasteiger partial charge in [0.15, 0.2) is 5.17 Å². The van der Waals surface area contributed by atoms with E-state index in [1.807, 2.05) is 49.9 Å². The van der Waals surface area contributed by atoms with Gasteiger partial charge in [-0.3, -0.25) is 4.99 Å². The Labute approximate surface area is 119 Å². The lowest BCUT2D eigenvalue weighted by Crippen LogP contribution is -2.13. The van der Waals surface area contributed by atoms with Crippen LogP contribution in [0.4, 0.5) is 5.69 Å². The zero-order valence-corrected chi connectivity index (χ0v) is 12.8. The highest BCUT2D eigenvalue weighted by atomic mass is 32.2. The van der Waals surface area contributed by atoms with Gasteiger partial charge in [0, 0.05) is 10.9 Å². The van der Waals surface area contributed by atoms with Crippen molar-refractivity contribution in [2.45, 2.75) is 39.0 Å². The number of nitrogens with one attached hydrogen (secondary N) is 1. The van der Waals surface area contributed by atoms with Crippen LogP contribution in [-0.4, -0.2) is 23.1 Å². The molecule has 2 rings (SSSR count). The molecule has 0 bridgehead atoms. The minimum Gasteiger partial charge on any atom is -0.491 e. The fourth-order valence-electron chi connectivity index (χ4n) is 1.82. The summed E-state index contributed by atoms with van der Waals surface area (Å²) in [6.45, 7) is 9.46. The first kappa shape index (κ1) is 14.3. The lowest BCUT2D eigenvalue weighted by Gasteiger charge is -2.13. The molecule has 0 fully saturated rings. The van der Waals surface area contributed by atoms with Gasteiger partial charge in [-0.1, -0.05) is 25.6 Å². The van der Waals surface area contributed by atoms with E-state index in [0.29, 0.717) is 11.2 Å². The van der Waals surface area contributed by atoms with Crippen LogP contribution in [0.2, 0.25) is 0 Å². The predicted molar refractivity (Wildman–Crippen MR) is 84.3 cm³/mol. The zero-order valence-electron chi connectivity index (χ0n) is 12.0. The molecule has 0 aromatic heterocycles. The highest BCUT2D eigenvalue weighted by Crippen LogP contribution is 2.28. The molecule has 0 saturated heterocycles. The Morgan fingerprint density at radius 2 is 1.89 bits per heavy atom. The number of hydrogen-bond acceptors (Lipinski definition) is 4. The zero-order chi connectivity index (χ0) is 13.8. The van der Waals surface area contributed by atoms with Gasteiger partial charge in [0.25, 0.3) is 0 Å². The molecule has 1 aromatic carbocycles. The second-order valence-corrected chi connectivity index (χ2v) is 6.59. The van der Waals surface area contributed by atoms with Crippen LogP contribution in [0.15, 0.2) is 29.3 Å². The molecule has 1 heterocycles. The number of nitrogens with zero attached hydrogens (tertiary/aromatic N) is 1. The van der Waals surface area contributed by atoms with E-state index >= 15 is 0 Å². The third-order valence-corrected chi connectivity index (χ3v) is 4.35. The Bertz CT molecular complexity index is 440. The fourth-order valence-corrected chi connectivity index (χ4v) is 2.85. The lowest BCUT2D eigenvalue weighted by molar-refractivity contribution is 0.242. The van der Waals surface area contributed by atoms with E-state index in [9.17, 15) is 0 Å². The van der Waals surface area contributed by atoms with Gasteiger partial charge in [0.1, 0.15) is 5.75 Å². The van der Waals surface area contributed by atoms with Crippen molar-refractivity contribution in [3.8, 4) is 5.75 Å². The minimum atomic E-state index is 0.209. The molecule has 4 heteroatoms. The van der Waals surface area contributed by atoms with Gasteiger partial charge in [-0.25, -0.2) is 0 Å². The average Bonchev–Trinajstić information content (AvgIpc) is 2.80. The Balaban J connectivity index is 1.90. The van der Waals surface area contributed by atoms with Crippen molar-refractivity contribution >= 4 is 22.6 Å². The summed E-state index contributed by atoms with van der Waals surface area (Å²) < 4.78 is 5.62. The molecule has 19 heavy (non-hydrogen) atoms. The summed E-state index contributed by atoms with van der Waals surface area (Å²) in [5.74, 6) is 1.57. The quantitative estimate of drug-likeness (QED) is 0.903. The van der Waals surface area contributed by atoms with Crippen LogP contribution >= 0.6 is 11.8 Å². The molecule has 0 spiro atoms. The lowest BCUT2D eigenvalue weighted by atomic mass is 10.1. The second kappa shape index (κ2) is 6.33. The van der Waals surface area contributed by atoms with Gasteiger partial charge in [0.2, 0.25) is 0 Å². The van der Waals surface area contributed by atoms with Crippen molar-refractivity contribution in [2.24, 2.45) is 10.9 Å². The van der Waals surface area contributed by atoms with Crippen molar-refractivity contribution in [2.75, 3.05) is 11.9 Å². The number of ether oxygens (including phenoxy) is 1. The summed E-state index contributed by atoms with van der Waals surface area (Å²) in [6.07, 6.45) is 0.209. The fraction of sp³-hybridized carbons (Fsp3) is 0.533. The number of benzene rings is 1. The van der Waals surface area contributed by atoms with Crippen LogP contribution in [0.1, 0.15) is 27.7 Å². The number of hydrogen-bond donors (Lipinski definition) is 1. The normalized spacial score (nSPS) is 18.8. The molecule has 0 radical (unpaired) electrons. The molecule has 1 atom stereocenters. The Morgan fingerprint density at radius 1 is 1.21 bits per heavy atom. The van der Waals surface area contributed by atoms with Crippen LogP contribution in [0.5, 0.6) is 5.75 Å². The predicted octanol–water partition coefficient (Wildman–Crippen LogP) is 4.01.